The van der Waals surface area contributed by atoms with E-state index in [9.17, 15) is 14.4 Å². The summed E-state index contributed by atoms with van der Waals surface area (Å²) in [5.41, 5.74) is 5.42. The fraction of sp³-hybridized carbons (Fsp3) is 0.250. The summed E-state index contributed by atoms with van der Waals surface area (Å²) in [5, 5.41) is 5.06. The van der Waals surface area contributed by atoms with Crippen LogP contribution in [0.25, 0.3) is 0 Å². The number of fused-ring (bicyclic) bond motifs is 1. The lowest BCUT2D eigenvalue weighted by Gasteiger charge is -2.10. The normalized spacial score (nSPS) is 13.6. The molecule has 0 atom stereocenters. The molecule has 0 spiro atoms. The van der Waals surface area contributed by atoms with Crippen molar-refractivity contribution in [2.24, 2.45) is 0 Å². The Morgan fingerprint density at radius 2 is 2.10 bits per heavy atom. The van der Waals surface area contributed by atoms with Gasteiger partial charge in [0.1, 0.15) is 0 Å². The Kier molecular flexibility index (Phi) is 4.46. The molecule has 106 valence electrons. The van der Waals surface area contributed by atoms with Crippen molar-refractivity contribution in [1.29, 1.82) is 0 Å². The molecule has 1 aromatic carbocycles. The van der Waals surface area contributed by atoms with Crippen molar-refractivity contribution >= 4 is 35.3 Å². The Hall–Kier alpha value is -2.22. The number of urea groups is 1. The molecule has 7 nitrogen and oxygen atoms in total. The SMILES string of the molecule is CNC(=O)NNC(=O)c1ccc2c(c1)NC(=O)CCS2. The van der Waals surface area contributed by atoms with Gasteiger partial charge in [-0.15, -0.1) is 11.8 Å². The standard InChI is InChI=1S/C12H14N4O3S/c1-13-12(19)16-15-11(18)7-2-3-9-8(6-7)14-10(17)4-5-20-9/h2-3,6H,4-5H2,1H3,(H,14,17)(H,15,18)(H2,13,16,19). The zero-order chi connectivity index (χ0) is 14.5. The van der Waals surface area contributed by atoms with Gasteiger partial charge in [0.25, 0.3) is 5.91 Å². The number of hydrazine groups is 1. The number of thioether (sulfide) groups is 1. The first-order chi connectivity index (χ1) is 9.60. The molecule has 0 aromatic heterocycles. The van der Waals surface area contributed by atoms with E-state index in [1.54, 1.807) is 30.0 Å². The number of hydrogen-bond acceptors (Lipinski definition) is 4. The molecule has 0 saturated carbocycles. The first kappa shape index (κ1) is 14.2. The van der Waals surface area contributed by atoms with Gasteiger partial charge in [-0.1, -0.05) is 0 Å². The van der Waals surface area contributed by atoms with Gasteiger partial charge < -0.3 is 10.6 Å². The van der Waals surface area contributed by atoms with Crippen LogP contribution in [0, 0.1) is 0 Å². The van der Waals surface area contributed by atoms with Crippen LogP contribution < -0.4 is 21.5 Å². The molecular weight excluding hydrogens is 280 g/mol. The molecule has 0 fully saturated rings. The number of benzene rings is 1. The summed E-state index contributed by atoms with van der Waals surface area (Å²) in [4.78, 5) is 35.2. The van der Waals surface area contributed by atoms with Crippen LogP contribution in [0.3, 0.4) is 0 Å². The predicted octanol–water partition coefficient (Wildman–Crippen LogP) is 0.695. The van der Waals surface area contributed by atoms with Gasteiger partial charge in [0, 0.05) is 29.7 Å². The maximum atomic E-state index is 11.8. The van der Waals surface area contributed by atoms with Crippen molar-refractivity contribution in [1.82, 2.24) is 16.2 Å². The molecular formula is C12H14N4O3S. The molecule has 0 saturated heterocycles. The van der Waals surface area contributed by atoms with E-state index in [0.29, 0.717) is 23.4 Å². The lowest BCUT2D eigenvalue weighted by Crippen LogP contribution is -2.45. The Morgan fingerprint density at radius 1 is 1.30 bits per heavy atom. The molecule has 1 aromatic rings. The fourth-order valence-electron chi connectivity index (χ4n) is 1.61. The molecule has 0 radical (unpaired) electrons. The smallest absolute Gasteiger partial charge is 0.333 e. The molecule has 4 N–H and O–H groups in total. The van der Waals surface area contributed by atoms with E-state index in [4.69, 9.17) is 0 Å². The van der Waals surface area contributed by atoms with Gasteiger partial charge in [-0.25, -0.2) is 10.2 Å². The van der Waals surface area contributed by atoms with E-state index >= 15 is 0 Å². The van der Waals surface area contributed by atoms with Crippen molar-refractivity contribution in [3.8, 4) is 0 Å². The Bertz CT molecular complexity index is 562. The maximum Gasteiger partial charge on any atom is 0.333 e. The van der Waals surface area contributed by atoms with Gasteiger partial charge in [-0.05, 0) is 18.2 Å². The van der Waals surface area contributed by atoms with E-state index < -0.39 is 11.9 Å². The third-order valence-electron chi connectivity index (χ3n) is 2.62. The highest BCUT2D eigenvalue weighted by Gasteiger charge is 2.15. The second kappa shape index (κ2) is 6.29. The van der Waals surface area contributed by atoms with Gasteiger partial charge >= 0.3 is 6.03 Å². The van der Waals surface area contributed by atoms with Crippen LogP contribution in [0.1, 0.15) is 16.8 Å². The lowest BCUT2D eigenvalue weighted by atomic mass is 10.2. The Morgan fingerprint density at radius 3 is 2.85 bits per heavy atom. The van der Waals surface area contributed by atoms with Crippen LogP contribution in [-0.2, 0) is 4.79 Å². The van der Waals surface area contributed by atoms with Crippen LogP contribution in [0.15, 0.2) is 23.1 Å². The minimum atomic E-state index is -0.517. The van der Waals surface area contributed by atoms with Crippen LogP contribution in [0.5, 0.6) is 0 Å². The molecule has 1 aliphatic rings. The summed E-state index contributed by atoms with van der Waals surface area (Å²) >= 11 is 1.56. The third kappa shape index (κ3) is 3.41. The molecule has 0 aliphatic carbocycles. The summed E-state index contributed by atoms with van der Waals surface area (Å²) < 4.78 is 0. The predicted molar refractivity (Wildman–Crippen MR) is 75.5 cm³/mol. The monoisotopic (exact) mass is 294 g/mol. The maximum absolute atomic E-state index is 11.8. The van der Waals surface area contributed by atoms with Crippen molar-refractivity contribution in [2.45, 2.75) is 11.3 Å². The molecule has 2 rings (SSSR count). The number of nitrogens with one attached hydrogen (secondary N) is 4. The average Bonchev–Trinajstić information content (AvgIpc) is 2.63. The van der Waals surface area contributed by atoms with Crippen molar-refractivity contribution in [2.75, 3.05) is 18.1 Å². The summed E-state index contributed by atoms with van der Waals surface area (Å²) in [6.07, 6.45) is 0.444. The topological polar surface area (TPSA) is 99.3 Å². The Labute approximate surface area is 119 Å². The van der Waals surface area contributed by atoms with Gasteiger partial charge in [0.05, 0.1) is 5.69 Å². The number of hydrogen-bond donors (Lipinski definition) is 4. The van der Waals surface area contributed by atoms with E-state index in [2.05, 4.69) is 21.5 Å². The van der Waals surface area contributed by atoms with Gasteiger partial charge in [-0.3, -0.25) is 15.0 Å². The highest BCUT2D eigenvalue weighted by molar-refractivity contribution is 7.99. The average molecular weight is 294 g/mol. The Balaban J connectivity index is 2.11. The van der Waals surface area contributed by atoms with Crippen LogP contribution in [0.4, 0.5) is 10.5 Å². The quantitative estimate of drug-likeness (QED) is 0.573. The highest BCUT2D eigenvalue weighted by Crippen LogP contribution is 2.31. The number of carbonyl (C=O) groups excluding carboxylic acids is 3. The fourth-order valence-corrected chi connectivity index (χ4v) is 2.55. The third-order valence-corrected chi connectivity index (χ3v) is 3.69. The lowest BCUT2D eigenvalue weighted by molar-refractivity contribution is -0.115. The molecule has 8 heteroatoms. The second-order valence-electron chi connectivity index (χ2n) is 4.02. The largest absolute Gasteiger partial charge is 0.340 e. The number of carbonyl (C=O) groups is 3. The summed E-state index contributed by atoms with van der Waals surface area (Å²) in [6, 6.07) is 4.49. The molecule has 20 heavy (non-hydrogen) atoms. The summed E-state index contributed by atoms with van der Waals surface area (Å²) in [5.74, 6) is 0.181. The molecule has 1 heterocycles. The zero-order valence-electron chi connectivity index (χ0n) is 10.8. The van der Waals surface area contributed by atoms with E-state index in [-0.39, 0.29) is 5.91 Å². The molecule has 4 amide bonds. The van der Waals surface area contributed by atoms with Crippen LogP contribution in [-0.4, -0.2) is 30.6 Å². The molecule has 1 aliphatic heterocycles. The minimum absolute atomic E-state index is 0.0720. The van der Waals surface area contributed by atoms with Gasteiger partial charge in [0.2, 0.25) is 5.91 Å². The zero-order valence-corrected chi connectivity index (χ0v) is 11.6. The second-order valence-corrected chi connectivity index (χ2v) is 5.15. The van der Waals surface area contributed by atoms with E-state index in [0.717, 1.165) is 4.90 Å². The first-order valence-corrected chi connectivity index (χ1v) is 6.93. The van der Waals surface area contributed by atoms with Crippen LogP contribution >= 0.6 is 11.8 Å². The first-order valence-electron chi connectivity index (χ1n) is 5.95. The van der Waals surface area contributed by atoms with Gasteiger partial charge in [-0.2, -0.15) is 0 Å². The number of amides is 4. The number of anilines is 1. The van der Waals surface area contributed by atoms with E-state index in [1.807, 2.05) is 0 Å². The summed E-state index contributed by atoms with van der Waals surface area (Å²) in [7, 11) is 1.44. The van der Waals surface area contributed by atoms with Crippen molar-refractivity contribution in [3.05, 3.63) is 23.8 Å². The molecule has 0 bridgehead atoms. The minimum Gasteiger partial charge on any atom is -0.340 e. The number of rotatable bonds is 1. The molecule has 0 unspecified atom stereocenters. The van der Waals surface area contributed by atoms with Crippen molar-refractivity contribution in [3.63, 3.8) is 0 Å². The van der Waals surface area contributed by atoms with Crippen molar-refractivity contribution < 1.29 is 14.4 Å². The summed E-state index contributed by atoms with van der Waals surface area (Å²) in [6.45, 7) is 0. The van der Waals surface area contributed by atoms with Crippen LogP contribution in [0.2, 0.25) is 0 Å². The van der Waals surface area contributed by atoms with E-state index in [1.165, 1.54) is 7.05 Å². The van der Waals surface area contributed by atoms with Gasteiger partial charge in [0.15, 0.2) is 0 Å². The highest BCUT2D eigenvalue weighted by atomic mass is 32.2.